The number of likely N-dealkylation sites (N-methyl/N-ethyl adjacent to an activating group) is 1. The van der Waals surface area contributed by atoms with Gasteiger partial charge in [-0.2, -0.15) is 0 Å². The number of hydrogen-bond donors (Lipinski definition) is 0. The Hall–Kier alpha value is -0.820. The zero-order chi connectivity index (χ0) is 9.69. The molecule has 0 bridgehead atoms. The predicted octanol–water partition coefficient (Wildman–Crippen LogP) is 2.54. The first-order chi connectivity index (χ1) is 5.93. The molecule has 0 saturated carbocycles. The molecule has 0 fully saturated rings. The first-order valence-corrected chi connectivity index (χ1v) is 4.87. The summed E-state index contributed by atoms with van der Waals surface area (Å²) in [6, 6.07) is 8.80. The highest BCUT2D eigenvalue weighted by Crippen LogP contribution is 2.42. The molecule has 1 aromatic rings. The van der Waals surface area contributed by atoms with E-state index in [9.17, 15) is 0 Å². The Bertz CT molecular complexity index is 304. The van der Waals surface area contributed by atoms with Crippen LogP contribution in [0.2, 0.25) is 0 Å². The van der Waals surface area contributed by atoms with Gasteiger partial charge in [0.05, 0.1) is 20.6 Å². The number of hydrogen-bond acceptors (Lipinski definition) is 0. The quantitative estimate of drug-likeness (QED) is 0.533. The van der Waals surface area contributed by atoms with Gasteiger partial charge in [0, 0.05) is 11.0 Å². The van der Waals surface area contributed by atoms with E-state index in [4.69, 9.17) is 0 Å². The van der Waals surface area contributed by atoms with Crippen LogP contribution < -0.4 is 4.48 Å². The second kappa shape index (κ2) is 2.36. The van der Waals surface area contributed by atoms with E-state index in [1.807, 2.05) is 0 Å². The number of quaternary nitrogens is 1. The van der Waals surface area contributed by atoms with Gasteiger partial charge < -0.3 is 0 Å². The maximum absolute atomic E-state index is 2.33. The van der Waals surface area contributed by atoms with Crippen LogP contribution >= 0.6 is 0 Å². The molecule has 0 unspecified atom stereocenters. The van der Waals surface area contributed by atoms with Gasteiger partial charge in [0.15, 0.2) is 0 Å². The van der Waals surface area contributed by atoms with E-state index in [0.29, 0.717) is 5.41 Å². The predicted molar refractivity (Wildman–Crippen MR) is 58.0 cm³/mol. The summed E-state index contributed by atoms with van der Waals surface area (Å²) in [5.74, 6) is 0. The molecule has 1 nitrogen and oxygen atoms in total. The zero-order valence-corrected chi connectivity index (χ0v) is 8.96. The van der Waals surface area contributed by atoms with E-state index in [1.54, 1.807) is 0 Å². The van der Waals surface area contributed by atoms with E-state index >= 15 is 0 Å². The average molecular weight is 176 g/mol. The Labute approximate surface area is 80.6 Å². The van der Waals surface area contributed by atoms with Crippen molar-refractivity contribution in [3.63, 3.8) is 0 Å². The second-order valence-corrected chi connectivity index (χ2v) is 5.24. The second-order valence-electron chi connectivity index (χ2n) is 5.24. The van der Waals surface area contributed by atoms with Crippen LogP contribution in [0.4, 0.5) is 5.69 Å². The Morgan fingerprint density at radius 2 is 1.77 bits per heavy atom. The van der Waals surface area contributed by atoms with Crippen LogP contribution in [0.3, 0.4) is 0 Å². The molecule has 0 radical (unpaired) electrons. The Balaban J connectivity index is 2.64. The topological polar surface area (TPSA) is 0 Å². The molecular weight excluding hydrogens is 158 g/mol. The molecule has 1 heteroatoms. The summed E-state index contributed by atoms with van der Waals surface area (Å²) < 4.78 is 1.02. The van der Waals surface area contributed by atoms with E-state index in [0.717, 1.165) is 4.48 Å². The minimum atomic E-state index is 0.333. The van der Waals surface area contributed by atoms with Gasteiger partial charge in [0.1, 0.15) is 5.69 Å². The summed E-state index contributed by atoms with van der Waals surface area (Å²) in [4.78, 5) is 0. The van der Waals surface area contributed by atoms with Crippen molar-refractivity contribution in [2.45, 2.75) is 19.3 Å². The number of para-hydroxylation sites is 1. The maximum atomic E-state index is 2.33. The zero-order valence-electron chi connectivity index (χ0n) is 8.96. The number of nitrogens with zero attached hydrogens (tertiary/aromatic N) is 1. The van der Waals surface area contributed by atoms with Crippen LogP contribution in [-0.2, 0) is 5.41 Å². The Morgan fingerprint density at radius 3 is 2.38 bits per heavy atom. The molecule has 0 atom stereocenters. The molecular formula is C12H18N+. The van der Waals surface area contributed by atoms with E-state index in [1.165, 1.54) is 17.8 Å². The van der Waals surface area contributed by atoms with Crippen molar-refractivity contribution in [2.24, 2.45) is 0 Å². The highest BCUT2D eigenvalue weighted by atomic mass is 15.3. The van der Waals surface area contributed by atoms with Crippen LogP contribution in [0, 0.1) is 0 Å². The molecule has 1 aliphatic rings. The van der Waals surface area contributed by atoms with Gasteiger partial charge in [0.25, 0.3) is 0 Å². The van der Waals surface area contributed by atoms with Crippen LogP contribution in [0.25, 0.3) is 0 Å². The minimum absolute atomic E-state index is 0.333. The SMILES string of the molecule is CC1(C)C[N+](C)(C)c2ccccc21. The number of benzene rings is 1. The lowest BCUT2D eigenvalue weighted by Crippen LogP contribution is -2.42. The Kier molecular flexibility index (Phi) is 1.59. The molecule has 0 amide bonds. The van der Waals surface area contributed by atoms with E-state index < -0.39 is 0 Å². The lowest BCUT2D eigenvalue weighted by Gasteiger charge is -2.26. The summed E-state index contributed by atoms with van der Waals surface area (Å²) in [6.07, 6.45) is 0. The van der Waals surface area contributed by atoms with Crippen molar-refractivity contribution in [3.05, 3.63) is 29.8 Å². The lowest BCUT2D eigenvalue weighted by atomic mass is 9.87. The number of rotatable bonds is 0. The summed E-state index contributed by atoms with van der Waals surface area (Å²) in [6.45, 7) is 5.87. The molecule has 0 aliphatic carbocycles. The van der Waals surface area contributed by atoms with Crippen molar-refractivity contribution in [1.29, 1.82) is 0 Å². The van der Waals surface area contributed by atoms with Gasteiger partial charge >= 0.3 is 0 Å². The maximum Gasteiger partial charge on any atom is 0.136 e. The Morgan fingerprint density at radius 1 is 1.15 bits per heavy atom. The molecule has 0 aromatic heterocycles. The van der Waals surface area contributed by atoms with Gasteiger partial charge in [-0.25, -0.2) is 0 Å². The molecule has 1 heterocycles. The summed E-state index contributed by atoms with van der Waals surface area (Å²) in [7, 11) is 4.57. The average Bonchev–Trinajstić information content (AvgIpc) is 2.20. The van der Waals surface area contributed by atoms with Crippen molar-refractivity contribution >= 4 is 5.69 Å². The fraction of sp³-hybridized carbons (Fsp3) is 0.500. The third-order valence-electron chi connectivity index (χ3n) is 3.08. The van der Waals surface area contributed by atoms with Crippen molar-refractivity contribution in [2.75, 3.05) is 20.6 Å². The molecule has 2 rings (SSSR count). The fourth-order valence-electron chi connectivity index (χ4n) is 2.73. The highest BCUT2D eigenvalue weighted by molar-refractivity contribution is 5.58. The third-order valence-corrected chi connectivity index (χ3v) is 3.08. The smallest absolute Gasteiger partial charge is 0.136 e. The molecule has 70 valence electrons. The van der Waals surface area contributed by atoms with Gasteiger partial charge in [-0.05, 0) is 6.07 Å². The lowest BCUT2D eigenvalue weighted by molar-refractivity contribution is 0.358. The van der Waals surface area contributed by atoms with Crippen LogP contribution in [-0.4, -0.2) is 20.6 Å². The van der Waals surface area contributed by atoms with Crippen LogP contribution in [0.1, 0.15) is 19.4 Å². The van der Waals surface area contributed by atoms with Crippen LogP contribution in [0.15, 0.2) is 24.3 Å². The standard InChI is InChI=1S/C12H18N/c1-12(2)9-13(3,4)11-8-6-5-7-10(11)12/h5-8H,9H2,1-4H3/q+1. The molecule has 13 heavy (non-hydrogen) atoms. The molecule has 0 saturated heterocycles. The van der Waals surface area contributed by atoms with Gasteiger partial charge in [0.2, 0.25) is 0 Å². The minimum Gasteiger partial charge on any atom is -0.295 e. The van der Waals surface area contributed by atoms with E-state index in [-0.39, 0.29) is 0 Å². The third kappa shape index (κ3) is 1.19. The van der Waals surface area contributed by atoms with Gasteiger partial charge in [-0.1, -0.05) is 32.0 Å². The van der Waals surface area contributed by atoms with Crippen molar-refractivity contribution in [1.82, 2.24) is 4.48 Å². The molecule has 1 aromatic carbocycles. The molecule has 1 aliphatic heterocycles. The molecule has 0 spiro atoms. The molecule has 0 N–H and O–H groups in total. The van der Waals surface area contributed by atoms with Crippen molar-refractivity contribution in [3.8, 4) is 0 Å². The summed E-state index contributed by atoms with van der Waals surface area (Å²) in [5, 5.41) is 0. The first kappa shape index (κ1) is 8.76. The summed E-state index contributed by atoms with van der Waals surface area (Å²) >= 11 is 0. The monoisotopic (exact) mass is 176 g/mol. The first-order valence-electron chi connectivity index (χ1n) is 4.87. The largest absolute Gasteiger partial charge is 0.295 e. The van der Waals surface area contributed by atoms with E-state index in [2.05, 4.69) is 52.2 Å². The summed E-state index contributed by atoms with van der Waals surface area (Å²) in [5.41, 5.74) is 3.33. The van der Waals surface area contributed by atoms with Gasteiger partial charge in [-0.15, -0.1) is 0 Å². The number of fused-ring (bicyclic) bond motifs is 1. The van der Waals surface area contributed by atoms with Crippen LogP contribution in [0.5, 0.6) is 0 Å². The van der Waals surface area contributed by atoms with Crippen molar-refractivity contribution < 1.29 is 0 Å². The van der Waals surface area contributed by atoms with Gasteiger partial charge in [-0.3, -0.25) is 4.48 Å². The highest BCUT2D eigenvalue weighted by Gasteiger charge is 2.42. The normalized spacial score (nSPS) is 22.8. The fourth-order valence-corrected chi connectivity index (χ4v) is 2.73.